The molecule has 0 saturated carbocycles. The Morgan fingerprint density at radius 1 is 1.69 bits per heavy atom. The highest BCUT2D eigenvalue weighted by molar-refractivity contribution is 5.73. The molecule has 1 aromatic heterocycles. The van der Waals surface area contributed by atoms with Crippen molar-refractivity contribution in [2.45, 2.75) is 26.3 Å². The molecule has 1 N–H and O–H groups in total. The molecule has 1 aromatic rings. The second-order valence-corrected chi connectivity index (χ2v) is 2.95. The van der Waals surface area contributed by atoms with E-state index in [9.17, 15) is 4.79 Å². The number of rotatable bonds is 3. The number of hydrogen-bond acceptors (Lipinski definition) is 2. The molecular formula is C10H14N2O. The molecule has 1 unspecified atom stereocenters. The third-order valence-electron chi connectivity index (χ3n) is 1.87. The summed E-state index contributed by atoms with van der Waals surface area (Å²) in [5.41, 5.74) is 1.06. The molecule has 3 nitrogen and oxygen atoms in total. The lowest BCUT2D eigenvalue weighted by Crippen LogP contribution is -2.25. The minimum Gasteiger partial charge on any atom is -0.349 e. The van der Waals surface area contributed by atoms with Crippen molar-refractivity contribution in [2.75, 3.05) is 0 Å². The van der Waals surface area contributed by atoms with Gasteiger partial charge < -0.3 is 5.32 Å². The summed E-state index contributed by atoms with van der Waals surface area (Å²) in [5, 5.41) is 2.87. The second-order valence-electron chi connectivity index (χ2n) is 2.95. The smallest absolute Gasteiger partial charge is 0.217 e. The number of hydrogen-bond donors (Lipinski definition) is 1. The first kappa shape index (κ1) is 9.71. The average Bonchev–Trinajstić information content (AvgIpc) is 2.15. The van der Waals surface area contributed by atoms with Crippen LogP contribution in [0.1, 0.15) is 31.9 Å². The fourth-order valence-corrected chi connectivity index (χ4v) is 1.25. The van der Waals surface area contributed by atoms with Crippen LogP contribution >= 0.6 is 0 Å². The van der Waals surface area contributed by atoms with E-state index in [1.807, 2.05) is 19.1 Å². The first-order valence-electron chi connectivity index (χ1n) is 4.41. The van der Waals surface area contributed by atoms with Crippen LogP contribution in [0.3, 0.4) is 0 Å². The Hall–Kier alpha value is -1.38. The molecule has 70 valence electrons. The topological polar surface area (TPSA) is 42.0 Å². The Kier molecular flexibility index (Phi) is 3.43. The van der Waals surface area contributed by atoms with E-state index in [1.54, 1.807) is 12.4 Å². The van der Waals surface area contributed by atoms with Crippen LogP contribution in [-0.2, 0) is 4.79 Å². The monoisotopic (exact) mass is 178 g/mol. The molecule has 13 heavy (non-hydrogen) atoms. The van der Waals surface area contributed by atoms with E-state index in [2.05, 4.69) is 10.3 Å². The van der Waals surface area contributed by atoms with Crippen molar-refractivity contribution >= 4 is 5.91 Å². The van der Waals surface area contributed by atoms with Crippen molar-refractivity contribution in [2.24, 2.45) is 0 Å². The van der Waals surface area contributed by atoms with E-state index in [4.69, 9.17) is 0 Å². The average molecular weight is 178 g/mol. The van der Waals surface area contributed by atoms with E-state index in [0.717, 1.165) is 12.0 Å². The summed E-state index contributed by atoms with van der Waals surface area (Å²) >= 11 is 0. The highest BCUT2D eigenvalue weighted by atomic mass is 16.1. The molecule has 0 fully saturated rings. The summed E-state index contributed by atoms with van der Waals surface area (Å²) < 4.78 is 0. The Morgan fingerprint density at radius 3 is 2.92 bits per heavy atom. The SMILES string of the molecule is CCC(NC(C)=O)c1cccnc1. The van der Waals surface area contributed by atoms with E-state index >= 15 is 0 Å². The van der Waals surface area contributed by atoms with Crippen molar-refractivity contribution < 1.29 is 4.79 Å². The second kappa shape index (κ2) is 4.60. The van der Waals surface area contributed by atoms with Gasteiger partial charge in [-0.3, -0.25) is 9.78 Å². The third kappa shape index (κ3) is 2.86. The predicted molar refractivity (Wildman–Crippen MR) is 51.1 cm³/mol. The molecule has 0 aliphatic carbocycles. The molecule has 0 aliphatic rings. The molecule has 1 amide bonds. The summed E-state index contributed by atoms with van der Waals surface area (Å²) in [6, 6.07) is 3.93. The minimum absolute atomic E-state index is 0.00398. The first-order chi connectivity index (χ1) is 6.24. The van der Waals surface area contributed by atoms with Gasteiger partial charge >= 0.3 is 0 Å². The van der Waals surface area contributed by atoms with Crippen LogP contribution in [0.4, 0.5) is 0 Å². The van der Waals surface area contributed by atoms with Gasteiger partial charge in [-0.05, 0) is 18.1 Å². The summed E-state index contributed by atoms with van der Waals surface area (Å²) in [4.78, 5) is 14.9. The molecule has 0 saturated heterocycles. The molecule has 3 heteroatoms. The number of aromatic nitrogens is 1. The Labute approximate surface area is 78.2 Å². The number of carbonyl (C=O) groups is 1. The fourth-order valence-electron chi connectivity index (χ4n) is 1.25. The molecule has 0 radical (unpaired) electrons. The van der Waals surface area contributed by atoms with Crippen molar-refractivity contribution in [3.8, 4) is 0 Å². The van der Waals surface area contributed by atoms with E-state index < -0.39 is 0 Å². The molecule has 0 aliphatic heterocycles. The van der Waals surface area contributed by atoms with Crippen molar-refractivity contribution in [3.63, 3.8) is 0 Å². The molecule has 0 spiro atoms. The maximum Gasteiger partial charge on any atom is 0.217 e. The molecule has 1 atom stereocenters. The highest BCUT2D eigenvalue weighted by Crippen LogP contribution is 2.14. The van der Waals surface area contributed by atoms with Crippen LogP contribution in [-0.4, -0.2) is 10.9 Å². The number of amides is 1. The zero-order chi connectivity index (χ0) is 9.68. The van der Waals surface area contributed by atoms with Gasteiger partial charge in [0.15, 0.2) is 0 Å². The van der Waals surface area contributed by atoms with Gasteiger partial charge in [0, 0.05) is 19.3 Å². The molecule has 0 bridgehead atoms. The Bertz CT molecular complexity index is 272. The molecule has 0 aromatic carbocycles. The number of nitrogens with zero attached hydrogens (tertiary/aromatic N) is 1. The van der Waals surface area contributed by atoms with Crippen molar-refractivity contribution in [1.82, 2.24) is 10.3 Å². The van der Waals surface area contributed by atoms with Gasteiger partial charge in [0.05, 0.1) is 6.04 Å². The predicted octanol–water partition coefficient (Wildman–Crippen LogP) is 1.67. The zero-order valence-electron chi connectivity index (χ0n) is 7.95. The van der Waals surface area contributed by atoms with Crippen LogP contribution in [0.25, 0.3) is 0 Å². The third-order valence-corrected chi connectivity index (χ3v) is 1.87. The van der Waals surface area contributed by atoms with Gasteiger partial charge in [-0.2, -0.15) is 0 Å². The lowest BCUT2D eigenvalue weighted by molar-refractivity contribution is -0.119. The molecule has 1 heterocycles. The van der Waals surface area contributed by atoms with E-state index in [-0.39, 0.29) is 11.9 Å². The van der Waals surface area contributed by atoms with Gasteiger partial charge in [-0.1, -0.05) is 13.0 Å². The largest absolute Gasteiger partial charge is 0.349 e. The maximum absolute atomic E-state index is 10.9. The zero-order valence-corrected chi connectivity index (χ0v) is 7.95. The summed E-state index contributed by atoms with van der Waals surface area (Å²) in [5.74, 6) is -0.00398. The van der Waals surface area contributed by atoms with Crippen LogP contribution < -0.4 is 5.32 Å². The van der Waals surface area contributed by atoms with E-state index in [1.165, 1.54) is 6.92 Å². The molecule has 1 rings (SSSR count). The fraction of sp³-hybridized carbons (Fsp3) is 0.400. The normalized spacial score (nSPS) is 12.2. The van der Waals surface area contributed by atoms with Gasteiger partial charge in [-0.15, -0.1) is 0 Å². The van der Waals surface area contributed by atoms with Crippen LogP contribution in [0.2, 0.25) is 0 Å². The number of nitrogens with one attached hydrogen (secondary N) is 1. The van der Waals surface area contributed by atoms with Crippen molar-refractivity contribution in [3.05, 3.63) is 30.1 Å². The van der Waals surface area contributed by atoms with Crippen molar-refractivity contribution in [1.29, 1.82) is 0 Å². The quantitative estimate of drug-likeness (QED) is 0.765. The minimum atomic E-state index is -0.00398. The van der Waals surface area contributed by atoms with Gasteiger partial charge in [0.2, 0.25) is 5.91 Å². The Morgan fingerprint density at radius 2 is 2.46 bits per heavy atom. The number of carbonyl (C=O) groups excluding carboxylic acids is 1. The van der Waals surface area contributed by atoms with Crippen LogP contribution in [0, 0.1) is 0 Å². The van der Waals surface area contributed by atoms with Gasteiger partial charge in [0.25, 0.3) is 0 Å². The maximum atomic E-state index is 10.9. The van der Waals surface area contributed by atoms with Crippen LogP contribution in [0.15, 0.2) is 24.5 Å². The lowest BCUT2D eigenvalue weighted by atomic mass is 10.1. The summed E-state index contributed by atoms with van der Waals surface area (Å²) in [7, 11) is 0. The van der Waals surface area contributed by atoms with Gasteiger partial charge in [-0.25, -0.2) is 0 Å². The van der Waals surface area contributed by atoms with Crippen LogP contribution in [0.5, 0.6) is 0 Å². The Balaban J connectivity index is 2.73. The van der Waals surface area contributed by atoms with E-state index in [0.29, 0.717) is 0 Å². The highest BCUT2D eigenvalue weighted by Gasteiger charge is 2.09. The first-order valence-corrected chi connectivity index (χ1v) is 4.41. The number of pyridine rings is 1. The summed E-state index contributed by atoms with van der Waals surface area (Å²) in [6.45, 7) is 3.56. The summed E-state index contributed by atoms with van der Waals surface area (Å²) in [6.07, 6.45) is 4.39. The molecular weight excluding hydrogens is 164 g/mol. The standard InChI is InChI=1S/C10H14N2O/c1-3-10(12-8(2)13)9-5-4-6-11-7-9/h4-7,10H,3H2,1-2H3,(H,12,13). The van der Waals surface area contributed by atoms with Gasteiger partial charge in [0.1, 0.15) is 0 Å². The lowest BCUT2D eigenvalue weighted by Gasteiger charge is -2.15.